The Balaban J connectivity index is 2.26. The predicted octanol–water partition coefficient (Wildman–Crippen LogP) is 3.34. The summed E-state index contributed by atoms with van der Waals surface area (Å²) < 4.78 is 0. The van der Waals surface area contributed by atoms with E-state index in [4.69, 9.17) is 34.1 Å². The third kappa shape index (κ3) is 3.45. The number of carbonyl (C=O) groups excluding carboxylic acids is 1. The Kier molecular flexibility index (Phi) is 4.67. The van der Waals surface area contributed by atoms with Crippen molar-refractivity contribution in [1.82, 2.24) is 0 Å². The summed E-state index contributed by atoms with van der Waals surface area (Å²) in [6.07, 6.45) is 0. The van der Waals surface area contributed by atoms with Crippen LogP contribution in [0.25, 0.3) is 0 Å². The minimum absolute atomic E-state index is 0.0492. The predicted molar refractivity (Wildman–Crippen MR) is 83.4 cm³/mol. The SMILES string of the molecule is N/C(=N/O)c1cccc(NC(=O)c2cccc(Cl)c2Cl)c1. The first-order valence-corrected chi connectivity index (χ1v) is 6.62. The minimum atomic E-state index is -0.404. The van der Waals surface area contributed by atoms with Gasteiger partial charge in [-0.3, -0.25) is 4.79 Å². The number of hydrogen-bond acceptors (Lipinski definition) is 3. The van der Waals surface area contributed by atoms with Crippen LogP contribution in [-0.4, -0.2) is 17.0 Å². The van der Waals surface area contributed by atoms with Crippen molar-refractivity contribution in [2.45, 2.75) is 0 Å². The summed E-state index contributed by atoms with van der Waals surface area (Å²) in [6, 6.07) is 11.4. The van der Waals surface area contributed by atoms with Crippen LogP contribution in [0.2, 0.25) is 10.0 Å². The molecule has 0 aliphatic heterocycles. The van der Waals surface area contributed by atoms with Crippen LogP contribution < -0.4 is 11.1 Å². The van der Waals surface area contributed by atoms with Gasteiger partial charge in [0, 0.05) is 11.3 Å². The summed E-state index contributed by atoms with van der Waals surface area (Å²) in [4.78, 5) is 12.2. The van der Waals surface area contributed by atoms with Gasteiger partial charge in [-0.2, -0.15) is 0 Å². The number of amidine groups is 1. The topological polar surface area (TPSA) is 87.7 Å². The first-order chi connectivity index (χ1) is 10.0. The van der Waals surface area contributed by atoms with Gasteiger partial charge >= 0.3 is 0 Å². The number of hydrogen-bond donors (Lipinski definition) is 3. The molecule has 0 saturated carbocycles. The molecule has 0 fully saturated rings. The Morgan fingerprint density at radius 2 is 1.90 bits per heavy atom. The molecule has 2 aromatic carbocycles. The van der Waals surface area contributed by atoms with Gasteiger partial charge in [0.2, 0.25) is 0 Å². The van der Waals surface area contributed by atoms with Crippen molar-refractivity contribution in [3.05, 3.63) is 63.6 Å². The second-order valence-electron chi connectivity index (χ2n) is 4.12. The van der Waals surface area contributed by atoms with E-state index in [0.717, 1.165) is 0 Å². The number of oxime groups is 1. The third-order valence-corrected chi connectivity index (χ3v) is 3.54. The van der Waals surface area contributed by atoms with E-state index in [1.165, 1.54) is 0 Å². The van der Waals surface area contributed by atoms with Crippen molar-refractivity contribution in [3.63, 3.8) is 0 Å². The maximum atomic E-state index is 12.2. The highest BCUT2D eigenvalue weighted by Gasteiger charge is 2.13. The molecule has 0 aliphatic carbocycles. The summed E-state index contributed by atoms with van der Waals surface area (Å²) in [7, 11) is 0. The summed E-state index contributed by atoms with van der Waals surface area (Å²) in [5.74, 6) is -0.453. The van der Waals surface area contributed by atoms with Crippen LogP contribution in [0.1, 0.15) is 15.9 Å². The Morgan fingerprint density at radius 1 is 1.19 bits per heavy atom. The van der Waals surface area contributed by atoms with E-state index < -0.39 is 5.91 Å². The average Bonchev–Trinajstić information content (AvgIpc) is 2.49. The molecule has 0 unspecified atom stereocenters. The molecule has 0 bridgehead atoms. The zero-order valence-corrected chi connectivity index (χ0v) is 12.2. The van der Waals surface area contributed by atoms with Crippen LogP contribution in [0.3, 0.4) is 0 Å². The zero-order valence-electron chi connectivity index (χ0n) is 10.7. The molecule has 108 valence electrons. The Bertz CT molecular complexity index is 717. The van der Waals surface area contributed by atoms with E-state index in [0.29, 0.717) is 16.3 Å². The molecule has 21 heavy (non-hydrogen) atoms. The molecule has 0 atom stereocenters. The van der Waals surface area contributed by atoms with Crippen molar-refractivity contribution in [1.29, 1.82) is 0 Å². The summed E-state index contributed by atoms with van der Waals surface area (Å²) in [6.45, 7) is 0. The van der Waals surface area contributed by atoms with Crippen LogP contribution in [0.5, 0.6) is 0 Å². The average molecular weight is 324 g/mol. The highest BCUT2D eigenvalue weighted by Crippen LogP contribution is 2.26. The van der Waals surface area contributed by atoms with Crippen LogP contribution in [0, 0.1) is 0 Å². The quantitative estimate of drug-likeness (QED) is 0.350. The lowest BCUT2D eigenvalue weighted by Crippen LogP contribution is -2.15. The van der Waals surface area contributed by atoms with Crippen LogP contribution >= 0.6 is 23.2 Å². The monoisotopic (exact) mass is 323 g/mol. The summed E-state index contributed by atoms with van der Waals surface area (Å²) >= 11 is 11.9. The fourth-order valence-electron chi connectivity index (χ4n) is 1.69. The number of carbonyl (C=O) groups is 1. The van der Waals surface area contributed by atoms with E-state index in [-0.39, 0.29) is 16.4 Å². The van der Waals surface area contributed by atoms with Crippen molar-refractivity contribution in [3.8, 4) is 0 Å². The normalized spacial score (nSPS) is 11.2. The van der Waals surface area contributed by atoms with Gasteiger partial charge in [-0.1, -0.05) is 46.6 Å². The number of nitrogens with zero attached hydrogens (tertiary/aromatic N) is 1. The largest absolute Gasteiger partial charge is 0.409 e. The maximum Gasteiger partial charge on any atom is 0.257 e. The van der Waals surface area contributed by atoms with Gasteiger partial charge in [-0.15, -0.1) is 0 Å². The first kappa shape index (κ1) is 15.2. The van der Waals surface area contributed by atoms with Crippen LogP contribution in [0.4, 0.5) is 5.69 Å². The lowest BCUT2D eigenvalue weighted by atomic mass is 10.1. The number of amides is 1. The molecule has 2 rings (SSSR count). The Morgan fingerprint density at radius 3 is 2.62 bits per heavy atom. The molecule has 4 N–H and O–H groups in total. The van der Waals surface area contributed by atoms with E-state index in [9.17, 15) is 4.79 Å². The number of anilines is 1. The molecule has 0 radical (unpaired) electrons. The smallest absolute Gasteiger partial charge is 0.257 e. The standard InChI is InChI=1S/C14H11Cl2N3O2/c15-11-6-2-5-10(12(11)16)14(20)18-9-4-1-3-8(7-9)13(17)19-21/h1-7,21H,(H2,17,19)(H,18,20). The molecule has 1 amide bonds. The van der Waals surface area contributed by atoms with E-state index in [2.05, 4.69) is 10.5 Å². The molecular weight excluding hydrogens is 313 g/mol. The molecule has 0 aromatic heterocycles. The van der Waals surface area contributed by atoms with Gasteiger partial charge < -0.3 is 16.3 Å². The second kappa shape index (κ2) is 6.47. The lowest BCUT2D eigenvalue weighted by molar-refractivity contribution is 0.102. The van der Waals surface area contributed by atoms with E-state index in [1.807, 2.05) is 0 Å². The van der Waals surface area contributed by atoms with Gasteiger partial charge in [-0.25, -0.2) is 0 Å². The molecule has 7 heteroatoms. The van der Waals surface area contributed by atoms with Gasteiger partial charge in [0.25, 0.3) is 5.91 Å². The molecule has 0 aliphatic rings. The first-order valence-electron chi connectivity index (χ1n) is 5.86. The molecule has 0 heterocycles. The summed E-state index contributed by atoms with van der Waals surface area (Å²) in [5.41, 5.74) is 6.73. The Labute approximate surface area is 131 Å². The lowest BCUT2D eigenvalue weighted by Gasteiger charge is -2.08. The third-order valence-electron chi connectivity index (χ3n) is 2.72. The van der Waals surface area contributed by atoms with E-state index >= 15 is 0 Å². The van der Waals surface area contributed by atoms with Crippen LogP contribution in [0.15, 0.2) is 47.6 Å². The highest BCUT2D eigenvalue weighted by atomic mass is 35.5. The van der Waals surface area contributed by atoms with Crippen molar-refractivity contribution in [2.24, 2.45) is 10.9 Å². The van der Waals surface area contributed by atoms with Gasteiger partial charge in [0.05, 0.1) is 15.6 Å². The Hall–Kier alpha value is -2.24. The molecule has 2 aromatic rings. The van der Waals surface area contributed by atoms with Crippen molar-refractivity contribution < 1.29 is 10.0 Å². The fraction of sp³-hybridized carbons (Fsp3) is 0. The number of benzene rings is 2. The number of rotatable bonds is 3. The number of nitrogens with two attached hydrogens (primary N) is 1. The second-order valence-corrected chi connectivity index (χ2v) is 4.91. The molecule has 0 saturated heterocycles. The molecular formula is C14H11Cl2N3O2. The van der Waals surface area contributed by atoms with Crippen LogP contribution in [-0.2, 0) is 0 Å². The fourth-order valence-corrected chi connectivity index (χ4v) is 2.08. The van der Waals surface area contributed by atoms with Crippen molar-refractivity contribution in [2.75, 3.05) is 5.32 Å². The zero-order chi connectivity index (χ0) is 15.4. The van der Waals surface area contributed by atoms with E-state index in [1.54, 1.807) is 42.5 Å². The molecule has 5 nitrogen and oxygen atoms in total. The van der Waals surface area contributed by atoms with Gasteiger partial charge in [0.1, 0.15) is 0 Å². The maximum absolute atomic E-state index is 12.2. The highest BCUT2D eigenvalue weighted by molar-refractivity contribution is 6.44. The minimum Gasteiger partial charge on any atom is -0.409 e. The summed E-state index contributed by atoms with van der Waals surface area (Å²) in [5, 5.41) is 14.7. The molecule has 0 spiro atoms. The van der Waals surface area contributed by atoms with Gasteiger partial charge in [-0.05, 0) is 24.3 Å². The number of halogens is 2. The van der Waals surface area contributed by atoms with Gasteiger partial charge in [0.15, 0.2) is 5.84 Å². The van der Waals surface area contributed by atoms with Crippen molar-refractivity contribution >= 4 is 40.6 Å². The number of nitrogens with one attached hydrogen (secondary N) is 1.